The first-order valence-corrected chi connectivity index (χ1v) is 11.3. The van der Waals surface area contributed by atoms with Gasteiger partial charge in [0.05, 0.1) is 19.3 Å². The summed E-state index contributed by atoms with van der Waals surface area (Å²) in [6.45, 7) is 1.24. The zero-order chi connectivity index (χ0) is 20.1. The number of benzene rings is 1. The van der Waals surface area contributed by atoms with Crippen LogP contribution in [0.1, 0.15) is 22.1 Å². The predicted molar refractivity (Wildman–Crippen MR) is 118 cm³/mol. The van der Waals surface area contributed by atoms with E-state index in [0.717, 1.165) is 5.56 Å². The third-order valence-corrected chi connectivity index (χ3v) is 6.42. The van der Waals surface area contributed by atoms with E-state index in [4.69, 9.17) is 16.0 Å². The van der Waals surface area contributed by atoms with Crippen molar-refractivity contribution in [3.63, 3.8) is 0 Å². The van der Waals surface area contributed by atoms with E-state index in [-0.39, 0.29) is 5.91 Å². The SMILES string of the molecule is O=C(CCc1ncc(-c2ccc(Cl)cc2)o1)N(Cc1cccs1)Cc1cccs1. The topological polar surface area (TPSA) is 46.3 Å². The van der Waals surface area contributed by atoms with Gasteiger partial charge in [0.15, 0.2) is 11.7 Å². The Hall–Kier alpha value is -2.41. The standard InChI is InChI=1S/C22H19ClN2O2S2/c23-17-7-5-16(6-8-17)20-13-24-21(27-20)9-10-22(26)25(14-18-3-1-11-28-18)15-19-4-2-12-29-19/h1-8,11-13H,9-10,14-15H2. The number of carbonyl (C=O) groups is 1. The minimum Gasteiger partial charge on any atom is -0.441 e. The number of halogens is 1. The van der Waals surface area contributed by atoms with Crippen LogP contribution in [0.2, 0.25) is 5.02 Å². The number of rotatable bonds is 8. The van der Waals surface area contributed by atoms with E-state index in [1.54, 1.807) is 28.9 Å². The van der Waals surface area contributed by atoms with Gasteiger partial charge in [-0.1, -0.05) is 23.7 Å². The number of aryl methyl sites for hydroxylation is 1. The highest BCUT2D eigenvalue weighted by molar-refractivity contribution is 7.10. The van der Waals surface area contributed by atoms with Crippen LogP contribution in [-0.2, 0) is 24.3 Å². The lowest BCUT2D eigenvalue weighted by molar-refractivity contribution is -0.132. The van der Waals surface area contributed by atoms with Gasteiger partial charge in [0.2, 0.25) is 5.91 Å². The van der Waals surface area contributed by atoms with Gasteiger partial charge in [-0.15, -0.1) is 22.7 Å². The Morgan fingerprint density at radius 3 is 2.24 bits per heavy atom. The summed E-state index contributed by atoms with van der Waals surface area (Å²) in [5, 5.41) is 4.75. The third kappa shape index (κ3) is 5.35. The molecule has 0 unspecified atom stereocenters. The van der Waals surface area contributed by atoms with E-state index < -0.39 is 0 Å². The lowest BCUT2D eigenvalue weighted by Gasteiger charge is -2.21. The summed E-state index contributed by atoms with van der Waals surface area (Å²) in [6, 6.07) is 15.6. The van der Waals surface area contributed by atoms with Crippen molar-refractivity contribution in [1.29, 1.82) is 0 Å². The maximum Gasteiger partial charge on any atom is 0.223 e. The van der Waals surface area contributed by atoms with Crippen LogP contribution in [0.5, 0.6) is 0 Å². The quantitative estimate of drug-likeness (QED) is 0.322. The Balaban J connectivity index is 1.40. The van der Waals surface area contributed by atoms with Crippen molar-refractivity contribution in [2.24, 2.45) is 0 Å². The normalized spacial score (nSPS) is 10.9. The van der Waals surface area contributed by atoms with Crippen molar-refractivity contribution in [2.75, 3.05) is 0 Å². The molecular weight excluding hydrogens is 424 g/mol. The molecule has 3 aromatic heterocycles. The molecule has 0 fully saturated rings. The Morgan fingerprint density at radius 2 is 1.66 bits per heavy atom. The summed E-state index contributed by atoms with van der Waals surface area (Å²) in [7, 11) is 0. The first-order valence-electron chi connectivity index (χ1n) is 9.20. The van der Waals surface area contributed by atoms with E-state index in [1.165, 1.54) is 9.75 Å². The molecule has 0 radical (unpaired) electrons. The summed E-state index contributed by atoms with van der Waals surface area (Å²) >= 11 is 9.27. The van der Waals surface area contributed by atoms with Gasteiger partial charge in [0.1, 0.15) is 0 Å². The second kappa shape index (κ2) is 9.39. The van der Waals surface area contributed by atoms with Crippen LogP contribution in [0.25, 0.3) is 11.3 Å². The summed E-state index contributed by atoms with van der Waals surface area (Å²) in [5.74, 6) is 1.34. The van der Waals surface area contributed by atoms with Crippen molar-refractivity contribution < 1.29 is 9.21 Å². The molecule has 1 aromatic carbocycles. The molecule has 148 valence electrons. The highest BCUT2D eigenvalue weighted by atomic mass is 35.5. The second-order valence-corrected chi connectivity index (χ2v) is 9.03. The molecule has 0 N–H and O–H groups in total. The number of hydrogen-bond donors (Lipinski definition) is 0. The van der Waals surface area contributed by atoms with Crippen LogP contribution in [0.4, 0.5) is 0 Å². The van der Waals surface area contributed by atoms with Crippen LogP contribution in [-0.4, -0.2) is 15.8 Å². The largest absolute Gasteiger partial charge is 0.441 e. The summed E-state index contributed by atoms with van der Waals surface area (Å²) in [4.78, 5) is 21.5. The molecule has 1 amide bonds. The van der Waals surface area contributed by atoms with Crippen molar-refractivity contribution in [1.82, 2.24) is 9.88 Å². The number of nitrogens with zero attached hydrogens (tertiary/aromatic N) is 2. The summed E-state index contributed by atoms with van der Waals surface area (Å²) < 4.78 is 5.83. The van der Waals surface area contributed by atoms with Gasteiger partial charge in [-0.3, -0.25) is 4.79 Å². The van der Waals surface area contributed by atoms with Crippen LogP contribution in [0.3, 0.4) is 0 Å². The molecule has 0 bridgehead atoms. The van der Waals surface area contributed by atoms with Gasteiger partial charge in [0.25, 0.3) is 0 Å². The highest BCUT2D eigenvalue weighted by Crippen LogP contribution is 2.23. The van der Waals surface area contributed by atoms with Crippen molar-refractivity contribution >= 4 is 40.2 Å². The Kier molecular flexibility index (Phi) is 6.44. The molecule has 29 heavy (non-hydrogen) atoms. The van der Waals surface area contributed by atoms with E-state index in [9.17, 15) is 4.79 Å². The molecule has 0 spiro atoms. The molecule has 7 heteroatoms. The van der Waals surface area contributed by atoms with Crippen LogP contribution in [0, 0.1) is 0 Å². The molecule has 0 saturated heterocycles. The number of hydrogen-bond acceptors (Lipinski definition) is 5. The zero-order valence-electron chi connectivity index (χ0n) is 15.6. The number of aromatic nitrogens is 1. The third-order valence-electron chi connectivity index (χ3n) is 4.44. The lowest BCUT2D eigenvalue weighted by atomic mass is 10.2. The van der Waals surface area contributed by atoms with Crippen molar-refractivity contribution in [3.8, 4) is 11.3 Å². The molecule has 0 aliphatic rings. The summed E-state index contributed by atoms with van der Waals surface area (Å²) in [6.07, 6.45) is 2.52. The molecule has 3 heterocycles. The first-order chi connectivity index (χ1) is 14.2. The fraction of sp³-hybridized carbons (Fsp3) is 0.182. The van der Waals surface area contributed by atoms with Crippen LogP contribution >= 0.6 is 34.3 Å². The maximum atomic E-state index is 12.9. The number of amides is 1. The molecule has 4 nitrogen and oxygen atoms in total. The van der Waals surface area contributed by atoms with Gasteiger partial charge in [-0.25, -0.2) is 4.98 Å². The molecular formula is C22H19ClN2O2S2. The predicted octanol–water partition coefficient (Wildman–Crippen LogP) is 6.28. The second-order valence-electron chi connectivity index (χ2n) is 6.53. The fourth-order valence-electron chi connectivity index (χ4n) is 2.96. The fourth-order valence-corrected chi connectivity index (χ4v) is 4.52. The summed E-state index contributed by atoms with van der Waals surface area (Å²) in [5.41, 5.74) is 0.913. The smallest absolute Gasteiger partial charge is 0.223 e. The molecule has 0 saturated carbocycles. The average molecular weight is 443 g/mol. The Labute approximate surface area is 182 Å². The molecule has 0 aliphatic carbocycles. The molecule has 4 rings (SSSR count). The van der Waals surface area contributed by atoms with Crippen LogP contribution in [0.15, 0.2) is 69.9 Å². The average Bonchev–Trinajstić information content (AvgIpc) is 3.49. The number of oxazole rings is 1. The molecule has 4 aromatic rings. The van der Waals surface area contributed by atoms with Crippen LogP contribution < -0.4 is 0 Å². The van der Waals surface area contributed by atoms with E-state index >= 15 is 0 Å². The maximum absolute atomic E-state index is 12.9. The van der Waals surface area contributed by atoms with E-state index in [2.05, 4.69) is 17.1 Å². The number of thiophene rings is 2. The van der Waals surface area contributed by atoms with Crippen molar-refractivity contribution in [2.45, 2.75) is 25.9 Å². The van der Waals surface area contributed by atoms with Gasteiger partial charge in [0, 0.05) is 33.2 Å². The number of carbonyl (C=O) groups excluding carboxylic acids is 1. The van der Waals surface area contributed by atoms with E-state index in [0.29, 0.717) is 42.6 Å². The molecule has 0 aliphatic heterocycles. The minimum atomic E-state index is 0.0954. The minimum absolute atomic E-state index is 0.0954. The Morgan fingerprint density at radius 1 is 1.00 bits per heavy atom. The van der Waals surface area contributed by atoms with Gasteiger partial charge < -0.3 is 9.32 Å². The van der Waals surface area contributed by atoms with Crippen molar-refractivity contribution in [3.05, 3.63) is 86.2 Å². The Bertz CT molecular complexity index is 1000. The lowest BCUT2D eigenvalue weighted by Crippen LogP contribution is -2.29. The monoisotopic (exact) mass is 442 g/mol. The van der Waals surface area contributed by atoms with Gasteiger partial charge in [-0.2, -0.15) is 0 Å². The van der Waals surface area contributed by atoms with Gasteiger partial charge >= 0.3 is 0 Å². The molecule has 0 atom stereocenters. The zero-order valence-corrected chi connectivity index (χ0v) is 18.0. The van der Waals surface area contributed by atoms with E-state index in [1.807, 2.05) is 52.1 Å². The van der Waals surface area contributed by atoms with Gasteiger partial charge in [-0.05, 0) is 47.2 Å². The first kappa shape index (κ1) is 19.9. The highest BCUT2D eigenvalue weighted by Gasteiger charge is 2.17.